The van der Waals surface area contributed by atoms with E-state index in [1.165, 1.54) is 0 Å². The molecule has 0 spiro atoms. The molecule has 0 aromatic carbocycles. The standard InChI is InChI=1S/C15H20N2O4/c18-14(16-8-7-11-2-1-9-21-11)12-5-6-13(15(19)20)17(12)10-3-4-10/h1-2,9-10,12-13H,3-8H2,(H,16,18)(H,19,20). The van der Waals surface area contributed by atoms with Crippen LogP contribution in [0.1, 0.15) is 31.4 Å². The van der Waals surface area contributed by atoms with Gasteiger partial charge in [0, 0.05) is 19.0 Å². The number of carboxylic acid groups (broad SMARTS) is 1. The first-order chi connectivity index (χ1) is 10.2. The van der Waals surface area contributed by atoms with E-state index in [9.17, 15) is 14.7 Å². The number of carbonyl (C=O) groups is 2. The lowest BCUT2D eigenvalue weighted by Crippen LogP contribution is -2.49. The van der Waals surface area contributed by atoms with Gasteiger partial charge in [0.05, 0.1) is 12.3 Å². The van der Waals surface area contributed by atoms with Gasteiger partial charge in [-0.3, -0.25) is 14.5 Å². The lowest BCUT2D eigenvalue weighted by atomic mass is 10.2. The number of nitrogens with one attached hydrogen (secondary N) is 1. The molecule has 0 bridgehead atoms. The van der Waals surface area contributed by atoms with Crippen LogP contribution in [-0.4, -0.2) is 46.6 Å². The molecule has 2 heterocycles. The zero-order valence-electron chi connectivity index (χ0n) is 11.8. The van der Waals surface area contributed by atoms with E-state index in [1.54, 1.807) is 6.26 Å². The zero-order chi connectivity index (χ0) is 14.8. The molecule has 1 saturated carbocycles. The minimum Gasteiger partial charge on any atom is -0.480 e. The van der Waals surface area contributed by atoms with Gasteiger partial charge in [-0.25, -0.2) is 0 Å². The quantitative estimate of drug-likeness (QED) is 0.818. The summed E-state index contributed by atoms with van der Waals surface area (Å²) >= 11 is 0. The third-order valence-electron chi connectivity index (χ3n) is 4.24. The second-order valence-corrected chi connectivity index (χ2v) is 5.75. The third-order valence-corrected chi connectivity index (χ3v) is 4.24. The molecule has 2 fully saturated rings. The zero-order valence-corrected chi connectivity index (χ0v) is 11.8. The van der Waals surface area contributed by atoms with Gasteiger partial charge >= 0.3 is 5.97 Å². The van der Waals surface area contributed by atoms with Gasteiger partial charge in [0.1, 0.15) is 11.8 Å². The Kier molecular flexibility index (Phi) is 3.96. The highest BCUT2D eigenvalue weighted by Crippen LogP contribution is 2.37. The van der Waals surface area contributed by atoms with E-state index < -0.39 is 12.0 Å². The molecule has 1 saturated heterocycles. The largest absolute Gasteiger partial charge is 0.480 e. The molecule has 1 aromatic heterocycles. The average Bonchev–Trinajstić information content (AvgIpc) is 3.00. The summed E-state index contributed by atoms with van der Waals surface area (Å²) in [6, 6.07) is 3.17. The predicted octanol–water partition coefficient (Wildman–Crippen LogP) is 1.02. The van der Waals surface area contributed by atoms with Crippen molar-refractivity contribution in [2.75, 3.05) is 6.54 Å². The number of hydrogen-bond acceptors (Lipinski definition) is 4. The SMILES string of the molecule is O=C(O)C1CCC(C(=O)NCCc2ccco2)N1C1CC1. The molecular formula is C15H20N2O4. The van der Waals surface area contributed by atoms with Gasteiger partial charge in [0.25, 0.3) is 0 Å². The Bertz CT molecular complexity index is 510. The highest BCUT2D eigenvalue weighted by atomic mass is 16.4. The smallest absolute Gasteiger partial charge is 0.320 e. The first kappa shape index (κ1) is 14.1. The van der Waals surface area contributed by atoms with Crippen molar-refractivity contribution >= 4 is 11.9 Å². The number of carboxylic acids is 1. The lowest BCUT2D eigenvalue weighted by molar-refractivity contribution is -0.143. The van der Waals surface area contributed by atoms with E-state index in [-0.39, 0.29) is 18.0 Å². The predicted molar refractivity (Wildman–Crippen MR) is 74.7 cm³/mol. The van der Waals surface area contributed by atoms with Crippen LogP contribution in [0.25, 0.3) is 0 Å². The Morgan fingerprint density at radius 3 is 2.67 bits per heavy atom. The van der Waals surface area contributed by atoms with Crippen LogP contribution in [0.15, 0.2) is 22.8 Å². The Balaban J connectivity index is 1.55. The normalized spacial score (nSPS) is 25.9. The fourth-order valence-electron chi connectivity index (χ4n) is 3.11. The monoisotopic (exact) mass is 292 g/mol. The number of likely N-dealkylation sites (tertiary alicyclic amines) is 1. The van der Waals surface area contributed by atoms with Crippen molar-refractivity contribution in [3.8, 4) is 0 Å². The molecule has 2 unspecified atom stereocenters. The maximum absolute atomic E-state index is 12.3. The summed E-state index contributed by atoms with van der Waals surface area (Å²) in [6.45, 7) is 0.513. The fraction of sp³-hybridized carbons (Fsp3) is 0.600. The Morgan fingerprint density at radius 2 is 2.05 bits per heavy atom. The van der Waals surface area contributed by atoms with Crippen molar-refractivity contribution in [2.24, 2.45) is 0 Å². The summed E-state index contributed by atoms with van der Waals surface area (Å²) in [5, 5.41) is 12.2. The molecule has 0 radical (unpaired) electrons. The van der Waals surface area contributed by atoms with Crippen LogP contribution >= 0.6 is 0 Å². The third kappa shape index (κ3) is 3.10. The second-order valence-electron chi connectivity index (χ2n) is 5.75. The van der Waals surface area contributed by atoms with Crippen molar-refractivity contribution < 1.29 is 19.1 Å². The lowest BCUT2D eigenvalue weighted by Gasteiger charge is -2.27. The van der Waals surface area contributed by atoms with Crippen LogP contribution in [0.3, 0.4) is 0 Å². The summed E-state index contributed by atoms with van der Waals surface area (Å²) in [5.74, 6) is -0.0332. The molecule has 3 rings (SSSR count). The molecule has 2 N–H and O–H groups in total. The van der Waals surface area contributed by atoms with E-state index in [0.717, 1.165) is 18.6 Å². The number of nitrogens with zero attached hydrogens (tertiary/aromatic N) is 1. The van der Waals surface area contributed by atoms with Crippen LogP contribution < -0.4 is 5.32 Å². The summed E-state index contributed by atoms with van der Waals surface area (Å²) < 4.78 is 5.22. The maximum Gasteiger partial charge on any atom is 0.320 e. The van der Waals surface area contributed by atoms with Crippen molar-refractivity contribution in [3.05, 3.63) is 24.2 Å². The van der Waals surface area contributed by atoms with Crippen LogP contribution in [0.5, 0.6) is 0 Å². The molecule has 6 nitrogen and oxygen atoms in total. The number of amides is 1. The molecule has 1 amide bonds. The Labute approximate surface area is 123 Å². The van der Waals surface area contributed by atoms with Gasteiger partial charge in [0.15, 0.2) is 0 Å². The van der Waals surface area contributed by atoms with E-state index in [0.29, 0.717) is 25.8 Å². The second kappa shape index (κ2) is 5.89. The van der Waals surface area contributed by atoms with Crippen LogP contribution in [-0.2, 0) is 16.0 Å². The Hall–Kier alpha value is -1.82. The van der Waals surface area contributed by atoms with E-state index in [2.05, 4.69) is 5.32 Å². The maximum atomic E-state index is 12.3. The first-order valence-corrected chi connectivity index (χ1v) is 7.47. The molecule has 21 heavy (non-hydrogen) atoms. The molecule has 2 aliphatic rings. The van der Waals surface area contributed by atoms with Crippen LogP contribution in [0.2, 0.25) is 0 Å². The summed E-state index contributed by atoms with van der Waals surface area (Å²) in [6.07, 6.45) is 5.44. The molecule has 1 aliphatic carbocycles. The minimum atomic E-state index is -0.812. The number of carbonyl (C=O) groups excluding carboxylic acids is 1. The summed E-state index contributed by atoms with van der Waals surface area (Å²) in [7, 11) is 0. The fourth-order valence-corrected chi connectivity index (χ4v) is 3.11. The first-order valence-electron chi connectivity index (χ1n) is 7.47. The van der Waals surface area contributed by atoms with E-state index in [1.807, 2.05) is 17.0 Å². The topological polar surface area (TPSA) is 82.8 Å². The van der Waals surface area contributed by atoms with E-state index >= 15 is 0 Å². The van der Waals surface area contributed by atoms with Gasteiger partial charge in [-0.2, -0.15) is 0 Å². The van der Waals surface area contributed by atoms with Gasteiger partial charge < -0.3 is 14.8 Å². The van der Waals surface area contributed by atoms with Crippen LogP contribution in [0, 0.1) is 0 Å². The van der Waals surface area contributed by atoms with Gasteiger partial charge in [-0.1, -0.05) is 0 Å². The van der Waals surface area contributed by atoms with Gasteiger partial charge in [0.2, 0.25) is 5.91 Å². The molecule has 114 valence electrons. The van der Waals surface area contributed by atoms with Crippen molar-refractivity contribution in [1.82, 2.24) is 10.2 Å². The number of furan rings is 1. The van der Waals surface area contributed by atoms with Crippen molar-refractivity contribution in [3.63, 3.8) is 0 Å². The Morgan fingerprint density at radius 1 is 1.29 bits per heavy atom. The van der Waals surface area contributed by atoms with Crippen molar-refractivity contribution in [2.45, 2.75) is 50.2 Å². The molecule has 1 aromatic rings. The van der Waals surface area contributed by atoms with Crippen molar-refractivity contribution in [1.29, 1.82) is 0 Å². The van der Waals surface area contributed by atoms with E-state index in [4.69, 9.17) is 4.42 Å². The average molecular weight is 292 g/mol. The van der Waals surface area contributed by atoms with Crippen LogP contribution in [0.4, 0.5) is 0 Å². The molecular weight excluding hydrogens is 272 g/mol. The molecule has 2 atom stereocenters. The number of hydrogen-bond donors (Lipinski definition) is 2. The minimum absolute atomic E-state index is 0.0581. The number of aliphatic carboxylic acids is 1. The molecule has 1 aliphatic heterocycles. The summed E-state index contributed by atoms with van der Waals surface area (Å²) in [4.78, 5) is 25.5. The van der Waals surface area contributed by atoms with Gasteiger partial charge in [-0.15, -0.1) is 0 Å². The molecule has 6 heteroatoms. The highest BCUT2D eigenvalue weighted by molar-refractivity contribution is 5.84. The summed E-state index contributed by atoms with van der Waals surface area (Å²) in [5.41, 5.74) is 0. The highest BCUT2D eigenvalue weighted by Gasteiger charge is 2.48. The number of rotatable bonds is 6. The van der Waals surface area contributed by atoms with Gasteiger partial charge in [-0.05, 0) is 37.8 Å².